The van der Waals surface area contributed by atoms with E-state index in [1.165, 1.54) is 37.3 Å². The van der Waals surface area contributed by atoms with E-state index in [0.717, 1.165) is 0 Å². The molecule has 36 heavy (non-hydrogen) atoms. The molecule has 2 aromatic carbocycles. The van der Waals surface area contributed by atoms with E-state index in [2.05, 4.69) is 42.3 Å². The lowest BCUT2D eigenvalue weighted by atomic mass is 9.86. The van der Waals surface area contributed by atoms with Gasteiger partial charge >= 0.3 is 12.4 Å². The van der Waals surface area contributed by atoms with Gasteiger partial charge in [0.25, 0.3) is 11.5 Å². The van der Waals surface area contributed by atoms with Crippen LogP contribution in [-0.4, -0.2) is 43.0 Å². The number of amides is 2. The molecule has 0 aromatic heterocycles. The van der Waals surface area contributed by atoms with Gasteiger partial charge in [-0.05, 0) is 48.4 Å². The molecule has 0 saturated heterocycles. The van der Waals surface area contributed by atoms with Gasteiger partial charge in [-0.25, -0.2) is 0 Å². The molecule has 6 nitrogen and oxygen atoms in total. The van der Waals surface area contributed by atoms with Gasteiger partial charge in [-0.2, -0.15) is 26.3 Å². The summed E-state index contributed by atoms with van der Waals surface area (Å²) in [6.45, 7) is -0.705. The van der Waals surface area contributed by atoms with Crippen LogP contribution in [0.25, 0.3) is 0 Å². The fourth-order valence-electron chi connectivity index (χ4n) is 3.46. The Bertz CT molecular complexity index is 1200. The average Bonchev–Trinajstić information content (AvgIpc) is 3.22. The van der Waals surface area contributed by atoms with Crippen LogP contribution in [0.1, 0.15) is 33.5 Å². The number of hydrogen-bond donors (Lipinski definition) is 2. The van der Waals surface area contributed by atoms with Gasteiger partial charge in [-0.3, -0.25) is 9.59 Å². The summed E-state index contributed by atoms with van der Waals surface area (Å²) in [4.78, 5) is 28.9. The molecule has 0 bridgehead atoms. The normalized spacial score (nSPS) is 17.9. The lowest BCUT2D eigenvalue weighted by Crippen LogP contribution is -2.42. The van der Waals surface area contributed by atoms with E-state index in [9.17, 15) is 35.9 Å². The summed E-state index contributed by atoms with van der Waals surface area (Å²) < 4.78 is 79.9. The highest BCUT2D eigenvalue weighted by molar-refractivity contribution is 9.11. The molecule has 0 spiro atoms. The minimum atomic E-state index is -4.81. The summed E-state index contributed by atoms with van der Waals surface area (Å²) in [5.41, 5.74) is -2.16. The van der Waals surface area contributed by atoms with Gasteiger partial charge < -0.3 is 15.5 Å². The van der Waals surface area contributed by atoms with Crippen molar-refractivity contribution in [3.63, 3.8) is 0 Å². The molecular formula is C22H17Br2F6N3O3. The number of carbonyl (C=O) groups is 2. The zero-order chi connectivity index (χ0) is 26.9. The second-order valence-corrected chi connectivity index (χ2v) is 9.72. The Morgan fingerprint density at radius 3 is 2.22 bits per heavy atom. The maximum absolute atomic E-state index is 14.2. The predicted molar refractivity (Wildman–Crippen MR) is 124 cm³/mol. The molecular weight excluding hydrogens is 628 g/mol. The molecule has 0 radical (unpaired) electrons. The Morgan fingerprint density at radius 1 is 1.03 bits per heavy atom. The van der Waals surface area contributed by atoms with Crippen LogP contribution in [0.15, 0.2) is 50.5 Å². The number of oxime groups is 1. The van der Waals surface area contributed by atoms with Gasteiger partial charge in [0, 0.05) is 26.5 Å². The van der Waals surface area contributed by atoms with Gasteiger partial charge in [0.1, 0.15) is 6.54 Å². The van der Waals surface area contributed by atoms with E-state index in [1.807, 2.05) is 0 Å². The van der Waals surface area contributed by atoms with Gasteiger partial charge in [-0.1, -0.05) is 43.1 Å². The van der Waals surface area contributed by atoms with Crippen LogP contribution < -0.4 is 10.6 Å². The molecule has 1 aliphatic rings. The number of alkyl halides is 6. The molecule has 1 unspecified atom stereocenters. The van der Waals surface area contributed by atoms with E-state index in [1.54, 1.807) is 11.4 Å². The first-order chi connectivity index (χ1) is 16.6. The van der Waals surface area contributed by atoms with Gasteiger partial charge in [0.05, 0.1) is 12.3 Å². The highest BCUT2D eigenvalue weighted by Crippen LogP contribution is 2.49. The molecule has 14 heteroatoms. The lowest BCUT2D eigenvalue weighted by Gasteiger charge is -2.29. The molecule has 0 aliphatic carbocycles. The van der Waals surface area contributed by atoms with Crippen molar-refractivity contribution < 1.29 is 40.8 Å². The number of aryl methyl sites for hydroxylation is 1. The number of nitrogens with zero attached hydrogens (tertiary/aromatic N) is 1. The molecule has 2 aromatic rings. The van der Waals surface area contributed by atoms with Crippen LogP contribution in [0.5, 0.6) is 0 Å². The van der Waals surface area contributed by atoms with Crippen molar-refractivity contribution in [1.82, 2.24) is 10.6 Å². The number of nitrogens with one attached hydrogen (secondary N) is 2. The number of hydrogen-bond acceptors (Lipinski definition) is 4. The van der Waals surface area contributed by atoms with Crippen molar-refractivity contribution in [2.24, 2.45) is 5.16 Å². The van der Waals surface area contributed by atoms with Crippen LogP contribution in [-0.2, 0) is 15.2 Å². The standard InChI is InChI=1S/C22H17Br2F6N3O3/c1-11-4-12(2-3-16(11)19(35)31-9-18(34)32-10-21(25,26)27)17-8-20(36-33-17,22(28,29)30)13-5-14(23)7-15(24)6-13/h2-7H,8-10H2,1H3,(H,31,35)(H,32,34). The SMILES string of the molecule is Cc1cc(C2=NOC(c3cc(Br)cc(Br)c3)(C(F)(F)F)C2)ccc1C(=O)NCC(=O)NCC(F)(F)F. The number of rotatable bonds is 6. The van der Waals surface area contributed by atoms with E-state index in [4.69, 9.17) is 4.84 Å². The second-order valence-electron chi connectivity index (χ2n) is 7.89. The van der Waals surface area contributed by atoms with Gasteiger partial charge in [0.2, 0.25) is 5.91 Å². The smallest absolute Gasteiger partial charge is 0.374 e. The summed E-state index contributed by atoms with van der Waals surface area (Å²) in [5, 5.41) is 7.52. The molecule has 2 amide bonds. The van der Waals surface area contributed by atoms with E-state index in [0.29, 0.717) is 14.5 Å². The maximum atomic E-state index is 14.2. The molecule has 2 N–H and O–H groups in total. The third kappa shape index (κ3) is 6.38. The van der Waals surface area contributed by atoms with E-state index in [-0.39, 0.29) is 22.4 Å². The molecule has 0 saturated carbocycles. The van der Waals surface area contributed by atoms with Crippen LogP contribution in [0.2, 0.25) is 0 Å². The Labute approximate surface area is 217 Å². The van der Waals surface area contributed by atoms with Crippen molar-refractivity contribution in [2.45, 2.75) is 31.3 Å². The Morgan fingerprint density at radius 2 is 1.67 bits per heavy atom. The van der Waals surface area contributed by atoms with E-state index >= 15 is 0 Å². The number of halogens is 8. The fourth-order valence-corrected chi connectivity index (χ4v) is 4.75. The zero-order valence-electron chi connectivity index (χ0n) is 18.3. The molecule has 1 aliphatic heterocycles. The minimum Gasteiger partial charge on any atom is -0.374 e. The summed E-state index contributed by atoms with van der Waals surface area (Å²) in [5.74, 6) is -1.77. The first-order valence-electron chi connectivity index (χ1n) is 10.1. The van der Waals surface area contributed by atoms with Gasteiger partial charge in [-0.15, -0.1) is 0 Å². The monoisotopic (exact) mass is 643 g/mol. The average molecular weight is 645 g/mol. The first-order valence-corrected chi connectivity index (χ1v) is 11.7. The topological polar surface area (TPSA) is 79.8 Å². The second kappa shape index (κ2) is 10.4. The molecule has 1 heterocycles. The van der Waals surface area contributed by atoms with Crippen molar-refractivity contribution in [1.29, 1.82) is 0 Å². The van der Waals surface area contributed by atoms with Crippen molar-refractivity contribution in [2.75, 3.05) is 13.1 Å². The van der Waals surface area contributed by atoms with Crippen LogP contribution in [0.4, 0.5) is 26.3 Å². The van der Waals surface area contributed by atoms with Crippen molar-refractivity contribution in [3.8, 4) is 0 Å². The third-order valence-corrected chi connectivity index (χ3v) is 6.13. The highest BCUT2D eigenvalue weighted by atomic mass is 79.9. The molecule has 1 atom stereocenters. The summed E-state index contributed by atoms with van der Waals surface area (Å²) in [6, 6.07) is 8.29. The quantitative estimate of drug-likeness (QED) is 0.407. The minimum absolute atomic E-state index is 0.00464. The maximum Gasteiger partial charge on any atom is 0.435 e. The van der Waals surface area contributed by atoms with Crippen LogP contribution in [0, 0.1) is 6.92 Å². The molecule has 0 fully saturated rings. The summed E-state index contributed by atoms with van der Waals surface area (Å²) in [7, 11) is 0. The van der Waals surface area contributed by atoms with Crippen molar-refractivity contribution in [3.05, 3.63) is 67.6 Å². The summed E-state index contributed by atoms with van der Waals surface area (Å²) in [6.07, 6.45) is -10.0. The van der Waals surface area contributed by atoms with Gasteiger partial charge in [0.15, 0.2) is 0 Å². The van der Waals surface area contributed by atoms with Crippen molar-refractivity contribution >= 4 is 49.4 Å². The first kappa shape index (κ1) is 28.0. The number of carbonyl (C=O) groups excluding carboxylic acids is 2. The summed E-state index contributed by atoms with van der Waals surface area (Å²) >= 11 is 6.36. The predicted octanol–water partition coefficient (Wildman–Crippen LogP) is 5.51. The third-order valence-electron chi connectivity index (χ3n) is 5.21. The molecule has 194 valence electrons. The molecule has 3 rings (SSSR count). The fraction of sp³-hybridized carbons (Fsp3) is 0.318. The lowest BCUT2D eigenvalue weighted by molar-refractivity contribution is -0.275. The highest BCUT2D eigenvalue weighted by Gasteiger charge is 2.62. The van der Waals surface area contributed by atoms with E-state index < -0.39 is 49.3 Å². The largest absolute Gasteiger partial charge is 0.435 e. The van der Waals surface area contributed by atoms with Crippen LogP contribution >= 0.6 is 31.9 Å². The Hall–Kier alpha value is -2.61. The number of benzene rings is 2. The van der Waals surface area contributed by atoms with Crippen LogP contribution in [0.3, 0.4) is 0 Å². The Balaban J connectivity index is 1.75. The Kier molecular flexibility index (Phi) is 8.08. The zero-order valence-corrected chi connectivity index (χ0v) is 21.5.